The summed E-state index contributed by atoms with van der Waals surface area (Å²) in [6.45, 7) is 5.02. The van der Waals surface area contributed by atoms with Crippen LogP contribution < -0.4 is 11.1 Å². The van der Waals surface area contributed by atoms with E-state index in [0.29, 0.717) is 38.8 Å². The molecular weight excluding hydrogens is 325 g/mol. The van der Waals surface area contributed by atoms with E-state index in [4.69, 9.17) is 15.8 Å². The Hall–Kier alpha value is -1.16. The zero-order chi connectivity index (χ0) is 18.8. The Labute approximate surface area is 148 Å². The van der Waals surface area contributed by atoms with Gasteiger partial charge in [0.1, 0.15) is 5.54 Å². The van der Waals surface area contributed by atoms with Crippen LogP contribution in [-0.4, -0.2) is 70.3 Å². The molecule has 3 unspecified atom stereocenters. The summed E-state index contributed by atoms with van der Waals surface area (Å²) in [6, 6.07) is -0.624. The molecule has 3 atom stereocenters. The largest absolute Gasteiger partial charge is 0.480 e. The molecule has 6 N–H and O–H groups in total. The zero-order valence-electron chi connectivity index (χ0n) is 15.1. The van der Waals surface area contributed by atoms with E-state index in [0.717, 1.165) is 0 Å². The molecule has 0 radical (unpaired) electrons. The van der Waals surface area contributed by atoms with Crippen molar-refractivity contribution in [3.8, 4) is 0 Å². The quantitative estimate of drug-likeness (QED) is 0.362. The van der Waals surface area contributed by atoms with Crippen LogP contribution in [0.4, 0.5) is 0 Å². The SMILES string of the molecule is CC(C)CC(N)C(=O)N1CC2(CCCB(O)O)CCNC2(C(=O)O)C1. The second-order valence-electron chi connectivity index (χ2n) is 7.97. The number of carbonyl (C=O) groups excluding carboxylic acids is 1. The minimum Gasteiger partial charge on any atom is -0.480 e. The standard InChI is InChI=1S/C16H30BN3O5/c1-11(2)8-12(18)13(21)20-9-15(4-3-6-17(24)25)5-7-19-16(15,10-20)14(22)23/h11-12,19,24-25H,3-10,18H2,1-2H3,(H,22,23). The average molecular weight is 355 g/mol. The normalized spacial score (nSPS) is 29.8. The van der Waals surface area contributed by atoms with E-state index in [2.05, 4.69) is 5.32 Å². The van der Waals surface area contributed by atoms with Gasteiger partial charge < -0.3 is 25.8 Å². The van der Waals surface area contributed by atoms with E-state index in [9.17, 15) is 14.7 Å². The molecule has 8 nitrogen and oxygen atoms in total. The van der Waals surface area contributed by atoms with Crippen LogP contribution in [0.1, 0.15) is 39.5 Å². The Morgan fingerprint density at radius 2 is 2.00 bits per heavy atom. The number of carboxylic acids is 1. The van der Waals surface area contributed by atoms with Crippen molar-refractivity contribution in [2.45, 2.75) is 57.4 Å². The van der Waals surface area contributed by atoms with Crippen LogP contribution in [0.25, 0.3) is 0 Å². The summed E-state index contributed by atoms with van der Waals surface area (Å²) in [5, 5.41) is 31.2. The van der Waals surface area contributed by atoms with Crippen molar-refractivity contribution in [3.05, 3.63) is 0 Å². The molecule has 142 valence electrons. The maximum atomic E-state index is 12.7. The van der Waals surface area contributed by atoms with Gasteiger partial charge in [-0.05, 0) is 38.0 Å². The first-order valence-corrected chi connectivity index (χ1v) is 9.02. The minimum atomic E-state index is -1.40. The molecule has 0 aromatic rings. The van der Waals surface area contributed by atoms with E-state index in [1.54, 1.807) is 4.90 Å². The van der Waals surface area contributed by atoms with E-state index in [1.807, 2.05) is 13.8 Å². The number of rotatable bonds is 8. The van der Waals surface area contributed by atoms with Crippen LogP contribution in [0.5, 0.6) is 0 Å². The van der Waals surface area contributed by atoms with E-state index in [1.165, 1.54) is 0 Å². The van der Waals surface area contributed by atoms with Gasteiger partial charge in [0, 0.05) is 12.0 Å². The maximum absolute atomic E-state index is 12.7. The van der Waals surface area contributed by atoms with E-state index < -0.39 is 30.1 Å². The molecule has 0 bridgehead atoms. The fraction of sp³-hybridized carbons (Fsp3) is 0.875. The number of nitrogens with one attached hydrogen (secondary N) is 1. The molecule has 2 saturated heterocycles. The van der Waals surface area contributed by atoms with Gasteiger partial charge in [-0.15, -0.1) is 0 Å². The molecule has 1 amide bonds. The summed E-state index contributed by atoms with van der Waals surface area (Å²) < 4.78 is 0. The molecule has 2 rings (SSSR count). The second kappa shape index (κ2) is 7.61. The first-order chi connectivity index (χ1) is 11.6. The number of hydrogen-bond acceptors (Lipinski definition) is 6. The van der Waals surface area contributed by atoms with Gasteiger partial charge in [0.15, 0.2) is 0 Å². The summed E-state index contributed by atoms with van der Waals surface area (Å²) in [6.07, 6.45) is 2.41. The lowest BCUT2D eigenvalue weighted by Gasteiger charge is -2.35. The van der Waals surface area contributed by atoms with Crippen LogP contribution in [-0.2, 0) is 9.59 Å². The van der Waals surface area contributed by atoms with E-state index >= 15 is 0 Å². The summed E-state index contributed by atoms with van der Waals surface area (Å²) in [5.41, 5.74) is 4.25. The van der Waals surface area contributed by atoms with Crippen LogP contribution >= 0.6 is 0 Å². The Morgan fingerprint density at radius 1 is 1.32 bits per heavy atom. The van der Waals surface area contributed by atoms with Gasteiger partial charge in [-0.3, -0.25) is 14.9 Å². The molecule has 25 heavy (non-hydrogen) atoms. The number of fused-ring (bicyclic) bond motifs is 1. The van der Waals surface area contributed by atoms with Gasteiger partial charge >= 0.3 is 13.1 Å². The fourth-order valence-corrected chi connectivity index (χ4v) is 4.47. The van der Waals surface area contributed by atoms with Gasteiger partial charge in [-0.25, -0.2) is 0 Å². The average Bonchev–Trinajstić information content (AvgIpc) is 2.98. The Bertz CT molecular complexity index is 518. The molecule has 2 heterocycles. The second-order valence-corrected chi connectivity index (χ2v) is 7.97. The Balaban J connectivity index is 2.18. The van der Waals surface area contributed by atoms with Gasteiger partial charge in [-0.1, -0.05) is 20.3 Å². The van der Waals surface area contributed by atoms with Crippen molar-refractivity contribution >= 4 is 19.0 Å². The molecule has 0 aromatic carbocycles. The third-order valence-corrected chi connectivity index (χ3v) is 5.69. The van der Waals surface area contributed by atoms with Crippen molar-refractivity contribution in [3.63, 3.8) is 0 Å². The van der Waals surface area contributed by atoms with E-state index in [-0.39, 0.29) is 24.7 Å². The van der Waals surface area contributed by atoms with Crippen LogP contribution in [0.3, 0.4) is 0 Å². The summed E-state index contributed by atoms with van der Waals surface area (Å²) in [7, 11) is -1.40. The number of hydrogen-bond donors (Lipinski definition) is 5. The molecule has 2 aliphatic rings. The third kappa shape index (κ3) is 3.84. The van der Waals surface area contributed by atoms with Gasteiger partial charge in [0.05, 0.1) is 12.6 Å². The Morgan fingerprint density at radius 3 is 2.56 bits per heavy atom. The highest BCUT2D eigenvalue weighted by molar-refractivity contribution is 6.40. The predicted molar refractivity (Wildman–Crippen MR) is 93.7 cm³/mol. The number of nitrogens with zero attached hydrogens (tertiary/aromatic N) is 1. The zero-order valence-corrected chi connectivity index (χ0v) is 15.1. The highest BCUT2D eigenvalue weighted by Gasteiger charge is 2.65. The van der Waals surface area contributed by atoms with Crippen LogP contribution in [0.2, 0.25) is 6.32 Å². The van der Waals surface area contributed by atoms with Gasteiger partial charge in [-0.2, -0.15) is 0 Å². The monoisotopic (exact) mass is 355 g/mol. The molecule has 2 fully saturated rings. The van der Waals surface area contributed by atoms with Crippen molar-refractivity contribution in [2.75, 3.05) is 19.6 Å². The number of likely N-dealkylation sites (tertiary alicyclic amines) is 1. The van der Waals surface area contributed by atoms with Crippen molar-refractivity contribution in [1.29, 1.82) is 0 Å². The number of aliphatic carboxylic acids is 1. The van der Waals surface area contributed by atoms with Crippen molar-refractivity contribution < 1.29 is 24.7 Å². The van der Waals surface area contributed by atoms with Crippen LogP contribution in [0, 0.1) is 11.3 Å². The highest BCUT2D eigenvalue weighted by Crippen LogP contribution is 2.50. The first kappa shape index (κ1) is 20.2. The van der Waals surface area contributed by atoms with Gasteiger partial charge in [0.25, 0.3) is 0 Å². The number of carbonyl (C=O) groups is 2. The van der Waals surface area contributed by atoms with Crippen molar-refractivity contribution in [1.82, 2.24) is 10.2 Å². The van der Waals surface area contributed by atoms with Crippen LogP contribution in [0.15, 0.2) is 0 Å². The molecule has 2 aliphatic heterocycles. The highest BCUT2D eigenvalue weighted by atomic mass is 16.4. The number of nitrogens with two attached hydrogens (primary N) is 1. The first-order valence-electron chi connectivity index (χ1n) is 9.02. The predicted octanol–water partition coefficient (Wildman–Crippen LogP) is -0.742. The minimum absolute atomic E-state index is 0.106. The molecule has 0 aliphatic carbocycles. The molecule has 0 aromatic heterocycles. The third-order valence-electron chi connectivity index (χ3n) is 5.69. The lowest BCUT2D eigenvalue weighted by molar-refractivity contribution is -0.147. The summed E-state index contributed by atoms with van der Waals surface area (Å²) in [5.74, 6) is -0.873. The fourth-order valence-electron chi connectivity index (χ4n) is 4.47. The summed E-state index contributed by atoms with van der Waals surface area (Å²) >= 11 is 0. The summed E-state index contributed by atoms with van der Waals surface area (Å²) in [4.78, 5) is 26.4. The Kier molecular flexibility index (Phi) is 6.14. The lowest BCUT2D eigenvalue weighted by Crippen LogP contribution is -2.58. The molecule has 0 saturated carbocycles. The molecule has 9 heteroatoms. The molecular formula is C16H30BN3O5. The maximum Gasteiger partial charge on any atom is 0.451 e. The number of amides is 1. The number of carboxylic acid groups (broad SMARTS) is 1. The molecule has 0 spiro atoms. The van der Waals surface area contributed by atoms with Crippen molar-refractivity contribution in [2.24, 2.45) is 17.1 Å². The smallest absolute Gasteiger partial charge is 0.451 e. The topological polar surface area (TPSA) is 136 Å². The van der Waals surface area contributed by atoms with Gasteiger partial charge in [0.2, 0.25) is 5.91 Å². The lowest BCUT2D eigenvalue weighted by atomic mass is 9.68.